The van der Waals surface area contributed by atoms with E-state index < -0.39 is 0 Å². The maximum Gasteiger partial charge on any atom is 0.0547 e. The summed E-state index contributed by atoms with van der Waals surface area (Å²) in [6.07, 6.45) is 0. The Kier molecular flexibility index (Phi) is 5.89. The highest BCUT2D eigenvalue weighted by Crippen LogP contribution is 2.39. The molecule has 0 aliphatic heterocycles. The van der Waals surface area contributed by atoms with Gasteiger partial charge in [0, 0.05) is 16.5 Å². The molecule has 0 aliphatic rings. The summed E-state index contributed by atoms with van der Waals surface area (Å²) in [4.78, 5) is 0. The maximum atomic E-state index is 2.40. The first-order valence-corrected chi connectivity index (χ1v) is 15.5. The minimum absolute atomic E-state index is 1.17. The van der Waals surface area contributed by atoms with E-state index in [1.54, 1.807) is 0 Å². The lowest BCUT2D eigenvalue weighted by atomic mass is 9.95. The van der Waals surface area contributed by atoms with Gasteiger partial charge in [0.2, 0.25) is 0 Å². The lowest BCUT2D eigenvalue weighted by Crippen LogP contribution is -1.93. The Morgan fingerprint density at radius 2 is 0.800 bits per heavy atom. The zero-order valence-corrected chi connectivity index (χ0v) is 24.7. The fourth-order valence-electron chi connectivity index (χ4n) is 6.93. The second-order valence-corrected chi connectivity index (χ2v) is 11.8. The average molecular weight is 572 g/mol. The van der Waals surface area contributed by atoms with Crippen molar-refractivity contribution in [3.8, 4) is 39.1 Å². The van der Waals surface area contributed by atoms with E-state index in [4.69, 9.17) is 0 Å². The van der Waals surface area contributed by atoms with Crippen LogP contribution in [0.15, 0.2) is 176 Å². The van der Waals surface area contributed by atoms with Crippen LogP contribution in [0.3, 0.4) is 0 Å². The van der Waals surface area contributed by atoms with E-state index >= 15 is 0 Å². The molecule has 0 saturated heterocycles. The molecule has 0 unspecified atom stereocenters. The van der Waals surface area contributed by atoms with E-state index in [1.165, 1.54) is 82.4 Å². The summed E-state index contributed by atoms with van der Waals surface area (Å²) in [5.41, 5.74) is 11.0. The van der Waals surface area contributed by atoms with Gasteiger partial charge < -0.3 is 4.57 Å². The van der Waals surface area contributed by atoms with Crippen LogP contribution in [0.5, 0.6) is 0 Å². The van der Waals surface area contributed by atoms with Crippen LogP contribution in [-0.2, 0) is 0 Å². The summed E-state index contributed by atoms with van der Waals surface area (Å²) in [5.74, 6) is 0. The summed E-state index contributed by atoms with van der Waals surface area (Å²) >= 11 is 0. The summed E-state index contributed by atoms with van der Waals surface area (Å²) < 4.78 is 2.40. The van der Waals surface area contributed by atoms with Crippen molar-refractivity contribution in [2.24, 2.45) is 0 Å². The van der Waals surface area contributed by atoms with E-state index in [0.717, 1.165) is 0 Å². The van der Waals surface area contributed by atoms with Gasteiger partial charge in [-0.05, 0) is 97.4 Å². The van der Waals surface area contributed by atoms with E-state index in [-0.39, 0.29) is 0 Å². The highest BCUT2D eigenvalue weighted by Gasteiger charge is 2.15. The van der Waals surface area contributed by atoms with Crippen LogP contribution in [0, 0.1) is 0 Å². The molecule has 1 heteroatoms. The molecule has 0 atom stereocenters. The van der Waals surface area contributed by atoms with Gasteiger partial charge in [-0.25, -0.2) is 0 Å². The minimum atomic E-state index is 1.17. The highest BCUT2D eigenvalue weighted by atomic mass is 15.0. The maximum absolute atomic E-state index is 2.40. The van der Waals surface area contributed by atoms with Gasteiger partial charge >= 0.3 is 0 Å². The van der Waals surface area contributed by atoms with Gasteiger partial charge in [-0.3, -0.25) is 0 Å². The summed E-state index contributed by atoms with van der Waals surface area (Å²) in [5, 5.41) is 7.61. The number of nitrogens with zero attached hydrogens (tertiary/aromatic N) is 1. The molecular formula is C44H29N. The number of benzene rings is 8. The smallest absolute Gasteiger partial charge is 0.0547 e. The third-order valence-electron chi connectivity index (χ3n) is 9.17. The Morgan fingerprint density at radius 1 is 0.289 bits per heavy atom. The molecule has 0 aliphatic carbocycles. The molecule has 0 N–H and O–H groups in total. The van der Waals surface area contributed by atoms with Crippen LogP contribution in [0.4, 0.5) is 0 Å². The average Bonchev–Trinajstić information content (AvgIpc) is 3.46. The Hall–Kier alpha value is -5.92. The number of para-hydroxylation sites is 1. The second-order valence-electron chi connectivity index (χ2n) is 11.8. The number of hydrogen-bond donors (Lipinski definition) is 0. The molecule has 8 aromatic carbocycles. The van der Waals surface area contributed by atoms with Crippen molar-refractivity contribution in [3.05, 3.63) is 176 Å². The van der Waals surface area contributed by atoms with E-state index in [0.29, 0.717) is 0 Å². The molecule has 9 rings (SSSR count). The van der Waals surface area contributed by atoms with Crippen LogP contribution in [0.2, 0.25) is 0 Å². The van der Waals surface area contributed by atoms with Crippen LogP contribution in [0.1, 0.15) is 0 Å². The first-order valence-electron chi connectivity index (χ1n) is 15.5. The molecule has 0 amide bonds. The van der Waals surface area contributed by atoms with E-state index in [9.17, 15) is 0 Å². The third kappa shape index (κ3) is 4.32. The monoisotopic (exact) mass is 571 g/mol. The predicted octanol–water partition coefficient (Wildman–Crippen LogP) is 12.1. The molecule has 0 saturated carbocycles. The number of rotatable bonds is 4. The molecule has 1 heterocycles. The molecule has 45 heavy (non-hydrogen) atoms. The highest BCUT2D eigenvalue weighted by molar-refractivity contribution is 6.21. The molecule has 1 aromatic heterocycles. The number of hydrogen-bond acceptors (Lipinski definition) is 0. The quantitative estimate of drug-likeness (QED) is 0.198. The molecule has 210 valence electrons. The molecule has 0 fully saturated rings. The van der Waals surface area contributed by atoms with Crippen LogP contribution in [0.25, 0.3) is 82.4 Å². The van der Waals surface area contributed by atoms with Crippen molar-refractivity contribution in [1.82, 2.24) is 4.57 Å². The number of fused-ring (bicyclic) bond motifs is 6. The summed E-state index contributed by atoms with van der Waals surface area (Å²) in [6.45, 7) is 0. The first kappa shape index (κ1) is 25.6. The van der Waals surface area contributed by atoms with Crippen molar-refractivity contribution in [1.29, 1.82) is 0 Å². The Morgan fingerprint density at radius 3 is 1.51 bits per heavy atom. The van der Waals surface area contributed by atoms with Crippen molar-refractivity contribution < 1.29 is 0 Å². The number of aromatic nitrogens is 1. The van der Waals surface area contributed by atoms with Crippen LogP contribution >= 0.6 is 0 Å². The lowest BCUT2D eigenvalue weighted by Gasteiger charge is -2.11. The van der Waals surface area contributed by atoms with Crippen LogP contribution < -0.4 is 0 Å². The topological polar surface area (TPSA) is 4.93 Å². The predicted molar refractivity (Wildman–Crippen MR) is 192 cm³/mol. The van der Waals surface area contributed by atoms with Crippen molar-refractivity contribution in [3.63, 3.8) is 0 Å². The van der Waals surface area contributed by atoms with Gasteiger partial charge in [-0.2, -0.15) is 0 Å². The first-order chi connectivity index (χ1) is 22.3. The Bertz CT molecular complexity index is 2500. The molecule has 0 radical (unpaired) electrons. The minimum Gasteiger partial charge on any atom is -0.309 e. The standard InChI is InChI=1S/C44H29N/c1-3-9-30(10-4-1)32-19-23-39(24-20-32)45-42-14-8-7-13-41(42)44-40-25-21-36(27-37(40)22-26-43(44)45)35-18-16-33-15-17-34(28-38(33)29-35)31-11-5-2-6-12-31/h1-29H. The fourth-order valence-corrected chi connectivity index (χ4v) is 6.93. The van der Waals surface area contributed by atoms with Gasteiger partial charge in [0.25, 0.3) is 0 Å². The van der Waals surface area contributed by atoms with Crippen molar-refractivity contribution in [2.75, 3.05) is 0 Å². The van der Waals surface area contributed by atoms with Gasteiger partial charge in [-0.1, -0.05) is 133 Å². The molecule has 0 spiro atoms. The Labute approximate surface area is 262 Å². The van der Waals surface area contributed by atoms with Gasteiger partial charge in [0.05, 0.1) is 11.0 Å². The summed E-state index contributed by atoms with van der Waals surface area (Å²) in [6, 6.07) is 64.0. The molecule has 1 nitrogen and oxygen atoms in total. The van der Waals surface area contributed by atoms with Crippen LogP contribution in [-0.4, -0.2) is 4.57 Å². The van der Waals surface area contributed by atoms with Crippen molar-refractivity contribution in [2.45, 2.75) is 0 Å². The fraction of sp³-hybridized carbons (Fsp3) is 0. The van der Waals surface area contributed by atoms with Crippen molar-refractivity contribution >= 4 is 43.4 Å². The Balaban J connectivity index is 1.16. The largest absolute Gasteiger partial charge is 0.309 e. The molecule has 0 bridgehead atoms. The van der Waals surface area contributed by atoms with Gasteiger partial charge in [-0.15, -0.1) is 0 Å². The SMILES string of the molecule is c1ccc(-c2ccc(-n3c4ccccc4c4c5ccc(-c6ccc7ccc(-c8ccccc8)cc7c6)cc5ccc43)cc2)cc1. The molecular weight excluding hydrogens is 542 g/mol. The zero-order valence-electron chi connectivity index (χ0n) is 24.7. The molecule has 9 aromatic rings. The van der Waals surface area contributed by atoms with Gasteiger partial charge in [0.15, 0.2) is 0 Å². The van der Waals surface area contributed by atoms with E-state index in [1.807, 2.05) is 0 Å². The normalized spacial score (nSPS) is 11.6. The van der Waals surface area contributed by atoms with Gasteiger partial charge in [0.1, 0.15) is 0 Å². The lowest BCUT2D eigenvalue weighted by molar-refractivity contribution is 1.18. The summed E-state index contributed by atoms with van der Waals surface area (Å²) in [7, 11) is 0. The zero-order chi connectivity index (χ0) is 29.7. The second kappa shape index (κ2) is 10.4. The third-order valence-corrected chi connectivity index (χ3v) is 9.17. The van der Waals surface area contributed by atoms with E-state index in [2.05, 4.69) is 180 Å².